The lowest BCUT2D eigenvalue weighted by Gasteiger charge is -2.36. The molecule has 30 heavy (non-hydrogen) atoms. The van der Waals surface area contributed by atoms with E-state index in [0.29, 0.717) is 23.5 Å². The summed E-state index contributed by atoms with van der Waals surface area (Å²) in [6.07, 6.45) is 3.65. The molecule has 2 aliphatic rings. The molecule has 2 unspecified atom stereocenters. The van der Waals surface area contributed by atoms with E-state index in [1.807, 2.05) is 25.1 Å². The fourth-order valence-corrected chi connectivity index (χ4v) is 4.72. The van der Waals surface area contributed by atoms with Crippen LogP contribution in [0.5, 0.6) is 0 Å². The molecule has 2 aromatic heterocycles. The summed E-state index contributed by atoms with van der Waals surface area (Å²) in [5, 5.41) is 15.3. The molecule has 156 valence electrons. The molecule has 1 saturated heterocycles. The number of nitrogens with one attached hydrogen (secondary N) is 1. The van der Waals surface area contributed by atoms with Crippen molar-refractivity contribution in [2.24, 2.45) is 16.8 Å². The number of H-pyrrole nitrogens is 1. The van der Waals surface area contributed by atoms with Crippen molar-refractivity contribution in [3.8, 4) is 0 Å². The third-order valence-electron chi connectivity index (χ3n) is 6.21. The number of aliphatic imine (C=N–C) groups is 1. The van der Waals surface area contributed by atoms with Gasteiger partial charge < -0.3 is 9.64 Å². The Morgan fingerprint density at radius 2 is 2.10 bits per heavy atom. The SMILES string of the molecule is CCOC(=O)C1C(C2CCN(C)CC2)=Nc2[nH]ncc2C1c1cccc2nonc12. The minimum atomic E-state index is -0.536. The Balaban J connectivity index is 1.67. The molecule has 0 radical (unpaired) electrons. The third-order valence-corrected chi connectivity index (χ3v) is 6.21. The van der Waals surface area contributed by atoms with Gasteiger partial charge in [0.2, 0.25) is 0 Å². The van der Waals surface area contributed by atoms with Crippen molar-refractivity contribution in [1.82, 2.24) is 25.4 Å². The molecular weight excluding hydrogens is 384 g/mol. The molecule has 1 fully saturated rings. The Kier molecular flexibility index (Phi) is 4.82. The van der Waals surface area contributed by atoms with Crippen molar-refractivity contribution in [1.29, 1.82) is 0 Å². The molecule has 0 bridgehead atoms. The van der Waals surface area contributed by atoms with Crippen LogP contribution in [0.3, 0.4) is 0 Å². The fourth-order valence-electron chi connectivity index (χ4n) is 4.72. The monoisotopic (exact) mass is 408 g/mol. The average Bonchev–Trinajstić information content (AvgIpc) is 3.42. The van der Waals surface area contributed by atoms with E-state index in [2.05, 4.69) is 32.5 Å². The van der Waals surface area contributed by atoms with Crippen molar-refractivity contribution >= 4 is 28.5 Å². The van der Waals surface area contributed by atoms with Crippen LogP contribution in [0.25, 0.3) is 11.0 Å². The second-order valence-corrected chi connectivity index (χ2v) is 7.97. The van der Waals surface area contributed by atoms with Gasteiger partial charge in [-0.3, -0.25) is 9.89 Å². The molecule has 1 aromatic carbocycles. The largest absolute Gasteiger partial charge is 0.465 e. The van der Waals surface area contributed by atoms with E-state index in [-0.39, 0.29) is 17.8 Å². The van der Waals surface area contributed by atoms with Crippen LogP contribution in [-0.4, -0.2) is 63.8 Å². The zero-order chi connectivity index (χ0) is 20.7. The number of hydrogen-bond acceptors (Lipinski definition) is 8. The molecular formula is C21H24N6O3. The lowest BCUT2D eigenvalue weighted by Crippen LogP contribution is -2.42. The zero-order valence-electron chi connectivity index (χ0n) is 17.0. The number of benzene rings is 1. The molecule has 4 heterocycles. The van der Waals surface area contributed by atoms with Crippen LogP contribution in [-0.2, 0) is 9.53 Å². The predicted octanol–water partition coefficient (Wildman–Crippen LogP) is 2.69. The lowest BCUT2D eigenvalue weighted by atomic mass is 9.72. The van der Waals surface area contributed by atoms with Crippen LogP contribution in [0.2, 0.25) is 0 Å². The highest BCUT2D eigenvalue weighted by Crippen LogP contribution is 2.45. The van der Waals surface area contributed by atoms with E-state index in [1.54, 1.807) is 6.20 Å². The summed E-state index contributed by atoms with van der Waals surface area (Å²) in [4.78, 5) is 20.5. The van der Waals surface area contributed by atoms with Gasteiger partial charge in [-0.15, -0.1) is 0 Å². The first-order valence-corrected chi connectivity index (χ1v) is 10.4. The second kappa shape index (κ2) is 7.64. The van der Waals surface area contributed by atoms with Crippen LogP contribution in [0.1, 0.15) is 36.8 Å². The number of aromatic nitrogens is 4. The van der Waals surface area contributed by atoms with Crippen molar-refractivity contribution in [3.63, 3.8) is 0 Å². The quantitative estimate of drug-likeness (QED) is 0.661. The summed E-state index contributed by atoms with van der Waals surface area (Å²) in [5.74, 6) is -0.209. The van der Waals surface area contributed by atoms with Crippen LogP contribution in [0.15, 0.2) is 34.0 Å². The molecule has 3 aromatic rings. The van der Waals surface area contributed by atoms with Crippen LogP contribution in [0, 0.1) is 11.8 Å². The average molecular weight is 408 g/mol. The summed E-state index contributed by atoms with van der Waals surface area (Å²) in [5.41, 5.74) is 3.91. The Bertz CT molecular complexity index is 1100. The van der Waals surface area contributed by atoms with Crippen molar-refractivity contribution < 1.29 is 14.2 Å². The van der Waals surface area contributed by atoms with Crippen LogP contribution in [0.4, 0.5) is 5.82 Å². The summed E-state index contributed by atoms with van der Waals surface area (Å²) in [7, 11) is 2.12. The van der Waals surface area contributed by atoms with Gasteiger partial charge in [0.1, 0.15) is 17.0 Å². The topological polar surface area (TPSA) is 110 Å². The Labute approximate surface area is 173 Å². The Morgan fingerprint density at radius 1 is 1.27 bits per heavy atom. The van der Waals surface area contributed by atoms with Crippen molar-refractivity contribution in [2.45, 2.75) is 25.7 Å². The molecule has 0 aliphatic carbocycles. The van der Waals surface area contributed by atoms with Gasteiger partial charge in [0.15, 0.2) is 5.82 Å². The minimum absolute atomic E-state index is 0.212. The van der Waals surface area contributed by atoms with E-state index >= 15 is 0 Å². The van der Waals surface area contributed by atoms with Crippen molar-refractivity contribution in [2.75, 3.05) is 26.7 Å². The predicted molar refractivity (Wildman–Crippen MR) is 110 cm³/mol. The van der Waals surface area contributed by atoms with Crippen molar-refractivity contribution in [3.05, 3.63) is 35.5 Å². The first-order chi connectivity index (χ1) is 14.7. The molecule has 0 saturated carbocycles. The number of esters is 1. The van der Waals surface area contributed by atoms with E-state index in [0.717, 1.165) is 42.8 Å². The number of likely N-dealkylation sites (tertiary alicyclic amines) is 1. The van der Waals surface area contributed by atoms with E-state index in [9.17, 15) is 4.79 Å². The number of nitrogens with zero attached hydrogens (tertiary/aromatic N) is 5. The van der Waals surface area contributed by atoms with Gasteiger partial charge >= 0.3 is 5.97 Å². The maximum Gasteiger partial charge on any atom is 0.315 e. The fraction of sp³-hybridized carbons (Fsp3) is 0.476. The number of fused-ring (bicyclic) bond motifs is 2. The number of piperidine rings is 1. The van der Waals surface area contributed by atoms with Gasteiger partial charge in [-0.25, -0.2) is 9.62 Å². The number of ether oxygens (including phenoxy) is 1. The summed E-state index contributed by atoms with van der Waals surface area (Å²) in [6, 6.07) is 5.72. The number of aromatic amines is 1. The maximum absolute atomic E-state index is 13.3. The number of rotatable bonds is 4. The maximum atomic E-state index is 13.3. The normalized spacial score (nSPS) is 22.7. The Morgan fingerprint density at radius 3 is 2.90 bits per heavy atom. The highest BCUT2D eigenvalue weighted by Gasteiger charge is 2.45. The molecule has 5 rings (SSSR count). The molecule has 0 spiro atoms. The zero-order valence-corrected chi connectivity index (χ0v) is 17.0. The Hall–Kier alpha value is -3.07. The molecule has 9 heteroatoms. The van der Waals surface area contributed by atoms with Gasteiger partial charge in [-0.1, -0.05) is 12.1 Å². The van der Waals surface area contributed by atoms with Gasteiger partial charge in [-0.2, -0.15) is 5.10 Å². The number of carbonyl (C=O) groups excluding carboxylic acids is 1. The highest BCUT2D eigenvalue weighted by molar-refractivity contribution is 6.07. The van der Waals surface area contributed by atoms with Gasteiger partial charge in [0, 0.05) is 23.1 Å². The highest BCUT2D eigenvalue weighted by atomic mass is 16.6. The van der Waals surface area contributed by atoms with Crippen LogP contribution < -0.4 is 0 Å². The minimum Gasteiger partial charge on any atom is -0.465 e. The van der Waals surface area contributed by atoms with E-state index < -0.39 is 5.92 Å². The summed E-state index contributed by atoms with van der Waals surface area (Å²) >= 11 is 0. The molecule has 2 atom stereocenters. The van der Waals surface area contributed by atoms with Gasteiger partial charge in [-0.05, 0) is 61.8 Å². The number of hydrogen-bond donors (Lipinski definition) is 1. The molecule has 2 aliphatic heterocycles. The lowest BCUT2D eigenvalue weighted by molar-refractivity contribution is -0.146. The smallest absolute Gasteiger partial charge is 0.315 e. The second-order valence-electron chi connectivity index (χ2n) is 7.97. The van der Waals surface area contributed by atoms with Gasteiger partial charge in [0.05, 0.1) is 12.8 Å². The molecule has 9 nitrogen and oxygen atoms in total. The molecule has 1 N–H and O–H groups in total. The van der Waals surface area contributed by atoms with E-state index in [1.165, 1.54) is 0 Å². The first-order valence-electron chi connectivity index (χ1n) is 10.4. The van der Waals surface area contributed by atoms with Gasteiger partial charge in [0.25, 0.3) is 0 Å². The first kappa shape index (κ1) is 18.9. The van der Waals surface area contributed by atoms with Crippen LogP contribution >= 0.6 is 0 Å². The number of carbonyl (C=O) groups is 1. The standard InChI is InChI=1S/C21H24N6O3/c1-3-29-21(28)17-16(13-5-4-6-15-19(13)26-30-25-15)14-11-22-24-20(14)23-18(17)12-7-9-27(2)10-8-12/h4-6,11-12,16-17H,3,7-10H2,1-2H3,(H,22,24). The molecule has 0 amide bonds. The van der Waals surface area contributed by atoms with E-state index in [4.69, 9.17) is 14.4 Å². The third kappa shape index (κ3) is 3.09. The summed E-state index contributed by atoms with van der Waals surface area (Å²) in [6.45, 7) is 4.09. The summed E-state index contributed by atoms with van der Waals surface area (Å²) < 4.78 is 10.5.